The smallest absolute Gasteiger partial charge is 0.255 e. The highest BCUT2D eigenvalue weighted by Crippen LogP contribution is 2.38. The predicted molar refractivity (Wildman–Crippen MR) is 147 cm³/mol. The van der Waals surface area contributed by atoms with E-state index in [4.69, 9.17) is 9.47 Å². The molecule has 0 fully saturated rings. The molecule has 0 radical (unpaired) electrons. The molecule has 2 amide bonds. The minimum Gasteiger partial charge on any atom is -0.486 e. The molecule has 7 heteroatoms. The van der Waals surface area contributed by atoms with Crippen LogP contribution in [0, 0.1) is 6.92 Å². The van der Waals surface area contributed by atoms with Crippen LogP contribution in [0.3, 0.4) is 0 Å². The lowest BCUT2D eigenvalue weighted by Crippen LogP contribution is -2.20. The van der Waals surface area contributed by atoms with Crippen LogP contribution in [0.2, 0.25) is 0 Å². The standard InChI is InChI=1S/C30H26N2O4S/c1-20-10-12-22(13-11-20)29(33)31-23-8-5-9-25(18-23)37-28(21-6-3-2-4-7-21)30(34)32-24-14-15-26-27(19-24)36-17-16-35-26/h2-15,18-19,28H,16-17H2,1H3,(H,31,33)(H,32,34). The van der Waals surface area contributed by atoms with Crippen molar-refractivity contribution in [1.29, 1.82) is 0 Å². The molecule has 6 nitrogen and oxygen atoms in total. The number of hydrogen-bond acceptors (Lipinski definition) is 5. The molecule has 0 bridgehead atoms. The number of anilines is 2. The molecule has 2 N–H and O–H groups in total. The molecule has 4 aromatic rings. The molecule has 1 atom stereocenters. The van der Waals surface area contributed by atoms with Crippen LogP contribution in [0.5, 0.6) is 11.5 Å². The number of rotatable bonds is 7. The highest BCUT2D eigenvalue weighted by molar-refractivity contribution is 8.00. The summed E-state index contributed by atoms with van der Waals surface area (Å²) in [6.45, 7) is 2.97. The number of amides is 2. The van der Waals surface area contributed by atoms with Crippen molar-refractivity contribution in [2.75, 3.05) is 23.8 Å². The van der Waals surface area contributed by atoms with Crippen molar-refractivity contribution in [2.24, 2.45) is 0 Å². The quantitative estimate of drug-likeness (QED) is 0.278. The predicted octanol–water partition coefficient (Wildman–Crippen LogP) is 6.49. The average Bonchev–Trinajstić information content (AvgIpc) is 2.92. The van der Waals surface area contributed by atoms with Crippen LogP contribution in [-0.2, 0) is 4.79 Å². The lowest BCUT2D eigenvalue weighted by atomic mass is 10.1. The van der Waals surface area contributed by atoms with Crippen molar-refractivity contribution in [3.8, 4) is 11.5 Å². The second kappa shape index (κ2) is 11.2. The number of aryl methyl sites for hydroxylation is 1. The van der Waals surface area contributed by atoms with Crippen LogP contribution >= 0.6 is 11.8 Å². The van der Waals surface area contributed by atoms with Gasteiger partial charge in [-0.25, -0.2) is 0 Å². The summed E-state index contributed by atoms with van der Waals surface area (Å²) in [5.74, 6) is 0.938. The molecular weight excluding hydrogens is 484 g/mol. The van der Waals surface area contributed by atoms with Crippen LogP contribution in [0.1, 0.15) is 26.7 Å². The van der Waals surface area contributed by atoms with Crippen molar-refractivity contribution in [3.05, 3.63) is 114 Å². The fourth-order valence-corrected chi connectivity index (χ4v) is 5.00. The van der Waals surface area contributed by atoms with Crippen molar-refractivity contribution < 1.29 is 19.1 Å². The molecule has 1 heterocycles. The van der Waals surface area contributed by atoms with Gasteiger partial charge in [0.05, 0.1) is 0 Å². The van der Waals surface area contributed by atoms with E-state index in [0.717, 1.165) is 16.0 Å². The van der Waals surface area contributed by atoms with Crippen molar-refractivity contribution in [2.45, 2.75) is 17.1 Å². The minimum absolute atomic E-state index is 0.165. The molecule has 0 aliphatic carbocycles. The highest BCUT2D eigenvalue weighted by Gasteiger charge is 2.23. The highest BCUT2D eigenvalue weighted by atomic mass is 32.2. The summed E-state index contributed by atoms with van der Waals surface area (Å²) < 4.78 is 11.2. The maximum atomic E-state index is 13.5. The van der Waals surface area contributed by atoms with Crippen LogP contribution < -0.4 is 20.1 Å². The van der Waals surface area contributed by atoms with E-state index in [1.165, 1.54) is 11.8 Å². The van der Waals surface area contributed by atoms with Gasteiger partial charge in [-0.3, -0.25) is 9.59 Å². The topological polar surface area (TPSA) is 76.7 Å². The second-order valence-electron chi connectivity index (χ2n) is 8.60. The fourth-order valence-electron chi connectivity index (χ4n) is 3.92. The maximum absolute atomic E-state index is 13.5. The normalized spacial score (nSPS) is 12.9. The Balaban J connectivity index is 1.34. The summed E-state index contributed by atoms with van der Waals surface area (Å²) in [5, 5.41) is 5.45. The molecule has 1 unspecified atom stereocenters. The SMILES string of the molecule is Cc1ccc(C(=O)Nc2cccc(SC(C(=O)Nc3ccc4c(c3)OCCO4)c3ccccc3)c2)cc1. The number of ether oxygens (including phenoxy) is 2. The van der Waals surface area contributed by atoms with E-state index in [1.54, 1.807) is 30.3 Å². The summed E-state index contributed by atoms with van der Waals surface area (Å²) in [6.07, 6.45) is 0. The number of fused-ring (bicyclic) bond motifs is 1. The summed E-state index contributed by atoms with van der Waals surface area (Å²) >= 11 is 1.42. The van der Waals surface area contributed by atoms with Crippen molar-refractivity contribution in [3.63, 3.8) is 0 Å². The summed E-state index contributed by atoms with van der Waals surface area (Å²) in [7, 11) is 0. The van der Waals surface area contributed by atoms with E-state index in [0.29, 0.717) is 41.7 Å². The molecule has 5 rings (SSSR count). The number of thioether (sulfide) groups is 1. The van der Waals surface area contributed by atoms with Crippen LogP contribution in [0.4, 0.5) is 11.4 Å². The van der Waals surface area contributed by atoms with E-state index >= 15 is 0 Å². The lowest BCUT2D eigenvalue weighted by molar-refractivity contribution is -0.115. The second-order valence-corrected chi connectivity index (χ2v) is 9.78. The Hall–Kier alpha value is -4.23. The average molecular weight is 511 g/mol. The van der Waals surface area contributed by atoms with E-state index in [2.05, 4.69) is 10.6 Å². The number of hydrogen-bond donors (Lipinski definition) is 2. The third-order valence-electron chi connectivity index (χ3n) is 5.81. The van der Waals surface area contributed by atoms with Gasteiger partial charge in [0.25, 0.3) is 5.91 Å². The van der Waals surface area contributed by atoms with Crippen LogP contribution in [-0.4, -0.2) is 25.0 Å². The van der Waals surface area contributed by atoms with Gasteiger partial charge >= 0.3 is 0 Å². The van der Waals surface area contributed by atoms with Gasteiger partial charge in [-0.05, 0) is 55.0 Å². The van der Waals surface area contributed by atoms with Gasteiger partial charge in [0.1, 0.15) is 18.5 Å². The Bertz CT molecular complexity index is 1410. The van der Waals surface area contributed by atoms with E-state index < -0.39 is 5.25 Å². The van der Waals surface area contributed by atoms with Crippen molar-refractivity contribution >= 4 is 35.0 Å². The third-order valence-corrected chi connectivity index (χ3v) is 7.06. The van der Waals surface area contributed by atoms with Gasteiger partial charge in [-0.2, -0.15) is 0 Å². The maximum Gasteiger partial charge on any atom is 0.255 e. The summed E-state index contributed by atoms with van der Waals surface area (Å²) in [6, 6.07) is 29.9. The van der Waals surface area contributed by atoms with E-state index in [9.17, 15) is 9.59 Å². The molecule has 4 aromatic carbocycles. The monoisotopic (exact) mass is 510 g/mol. The first kappa shape index (κ1) is 24.5. The van der Waals surface area contributed by atoms with E-state index in [1.807, 2.05) is 73.7 Å². The Kier molecular flexibility index (Phi) is 7.42. The first-order valence-electron chi connectivity index (χ1n) is 12.0. The number of benzene rings is 4. The van der Waals surface area contributed by atoms with E-state index in [-0.39, 0.29) is 11.8 Å². The Labute approximate surface area is 220 Å². The van der Waals surface area contributed by atoms with Gasteiger partial charge in [0.2, 0.25) is 5.91 Å². The molecule has 186 valence electrons. The third kappa shape index (κ3) is 6.13. The van der Waals surface area contributed by atoms with Gasteiger partial charge in [0, 0.05) is 27.9 Å². The Morgan fingerprint density at radius 2 is 1.49 bits per heavy atom. The lowest BCUT2D eigenvalue weighted by Gasteiger charge is -2.20. The summed E-state index contributed by atoms with van der Waals surface area (Å²) in [5.41, 5.74) is 3.85. The molecule has 37 heavy (non-hydrogen) atoms. The minimum atomic E-state index is -0.516. The first-order valence-corrected chi connectivity index (χ1v) is 12.8. The van der Waals surface area contributed by atoms with Crippen LogP contribution in [0.15, 0.2) is 102 Å². The van der Waals surface area contributed by atoms with Crippen molar-refractivity contribution in [1.82, 2.24) is 0 Å². The van der Waals surface area contributed by atoms with Gasteiger partial charge in [0.15, 0.2) is 11.5 Å². The molecule has 0 aromatic heterocycles. The van der Waals surface area contributed by atoms with Gasteiger partial charge < -0.3 is 20.1 Å². The molecule has 0 spiro atoms. The van der Waals surface area contributed by atoms with Gasteiger partial charge in [-0.15, -0.1) is 11.8 Å². The molecule has 0 saturated carbocycles. The largest absolute Gasteiger partial charge is 0.486 e. The zero-order valence-electron chi connectivity index (χ0n) is 20.3. The molecular formula is C30H26N2O4S. The number of carbonyl (C=O) groups is 2. The Morgan fingerprint density at radius 3 is 2.27 bits per heavy atom. The zero-order chi connectivity index (χ0) is 25.6. The first-order chi connectivity index (χ1) is 18.0. The fraction of sp³-hybridized carbons (Fsp3) is 0.133. The summed E-state index contributed by atoms with van der Waals surface area (Å²) in [4.78, 5) is 27.0. The van der Waals surface area contributed by atoms with Gasteiger partial charge in [-0.1, -0.05) is 54.1 Å². The Morgan fingerprint density at radius 1 is 0.757 bits per heavy atom. The molecule has 0 saturated heterocycles. The zero-order valence-corrected chi connectivity index (χ0v) is 21.1. The molecule has 1 aliphatic rings. The number of carbonyl (C=O) groups excluding carboxylic acids is 2. The number of nitrogens with one attached hydrogen (secondary N) is 2. The van der Waals surface area contributed by atoms with Crippen LogP contribution in [0.25, 0.3) is 0 Å². The molecule has 1 aliphatic heterocycles.